The number of nitrogens with zero attached hydrogens (tertiary/aromatic N) is 2. The van der Waals surface area contributed by atoms with Crippen molar-refractivity contribution in [3.8, 4) is 12.3 Å². The van der Waals surface area contributed by atoms with Crippen molar-refractivity contribution in [2.75, 3.05) is 6.54 Å². The number of carbonyl (C=O) groups is 1. The molecule has 0 fully saturated rings. The van der Waals surface area contributed by atoms with E-state index in [1.165, 1.54) is 23.1 Å². The first kappa shape index (κ1) is 12.0. The zero-order valence-corrected chi connectivity index (χ0v) is 10.1. The third kappa shape index (κ3) is 3.90. The highest BCUT2D eigenvalue weighted by Crippen LogP contribution is 2.25. The minimum absolute atomic E-state index is 0.0780. The molecule has 1 N–H and O–H groups in total. The van der Waals surface area contributed by atoms with Crippen molar-refractivity contribution in [3.05, 3.63) is 5.01 Å². The number of carbonyl (C=O) groups excluding carboxylic acids is 1. The second kappa shape index (κ2) is 5.73. The minimum atomic E-state index is -0.203. The summed E-state index contributed by atoms with van der Waals surface area (Å²) in [7, 11) is 0. The molecule has 1 unspecified atom stereocenters. The Kier molecular flexibility index (Phi) is 4.59. The highest BCUT2D eigenvalue weighted by molar-refractivity contribution is 8.02. The summed E-state index contributed by atoms with van der Waals surface area (Å²) in [5, 5.41) is 11.1. The molecule has 0 radical (unpaired) electrons. The van der Waals surface area contributed by atoms with Crippen LogP contribution in [0.4, 0.5) is 0 Å². The van der Waals surface area contributed by atoms with E-state index in [0.717, 1.165) is 9.35 Å². The lowest BCUT2D eigenvalue weighted by Crippen LogP contribution is -2.30. The van der Waals surface area contributed by atoms with Crippen molar-refractivity contribution in [1.82, 2.24) is 15.5 Å². The Bertz CT molecular complexity index is 383. The van der Waals surface area contributed by atoms with Crippen molar-refractivity contribution in [3.63, 3.8) is 0 Å². The van der Waals surface area contributed by atoms with Crippen LogP contribution in [0.3, 0.4) is 0 Å². The predicted octanol–water partition coefficient (Wildman–Crippen LogP) is 1.08. The van der Waals surface area contributed by atoms with Gasteiger partial charge in [0.25, 0.3) is 0 Å². The minimum Gasteiger partial charge on any atom is -0.344 e. The average molecular weight is 241 g/mol. The van der Waals surface area contributed by atoms with Crippen LogP contribution in [0, 0.1) is 19.3 Å². The van der Waals surface area contributed by atoms with E-state index in [4.69, 9.17) is 6.42 Å². The summed E-state index contributed by atoms with van der Waals surface area (Å²) in [6.07, 6.45) is 5.04. The Morgan fingerprint density at radius 1 is 1.73 bits per heavy atom. The fraction of sp³-hybridized carbons (Fsp3) is 0.444. The molecule has 0 aliphatic carbocycles. The van der Waals surface area contributed by atoms with E-state index in [-0.39, 0.29) is 17.7 Å². The lowest BCUT2D eigenvalue weighted by molar-refractivity contribution is -0.120. The van der Waals surface area contributed by atoms with Crippen molar-refractivity contribution in [2.45, 2.75) is 23.4 Å². The summed E-state index contributed by atoms with van der Waals surface area (Å²) in [5.41, 5.74) is 0. The molecule has 6 heteroatoms. The second-order valence-electron chi connectivity index (χ2n) is 2.77. The summed E-state index contributed by atoms with van der Waals surface area (Å²) in [4.78, 5) is 11.4. The number of rotatable bonds is 4. The summed E-state index contributed by atoms with van der Waals surface area (Å²) >= 11 is 2.86. The van der Waals surface area contributed by atoms with E-state index in [1.807, 2.05) is 13.8 Å². The second-order valence-corrected chi connectivity index (χ2v) is 5.54. The summed E-state index contributed by atoms with van der Waals surface area (Å²) in [6, 6.07) is 0. The quantitative estimate of drug-likeness (QED) is 0.633. The van der Waals surface area contributed by atoms with Crippen LogP contribution < -0.4 is 5.32 Å². The van der Waals surface area contributed by atoms with Crippen LogP contribution in [-0.2, 0) is 4.79 Å². The molecule has 0 saturated heterocycles. The van der Waals surface area contributed by atoms with E-state index in [1.54, 1.807) is 0 Å². The molecular formula is C9H11N3OS2. The molecule has 4 nitrogen and oxygen atoms in total. The number of thioether (sulfide) groups is 1. The Morgan fingerprint density at radius 3 is 3.00 bits per heavy atom. The van der Waals surface area contributed by atoms with Gasteiger partial charge in [0.15, 0.2) is 4.34 Å². The van der Waals surface area contributed by atoms with Gasteiger partial charge in [0.2, 0.25) is 5.91 Å². The number of terminal acetylenes is 1. The molecule has 0 aliphatic rings. The lowest BCUT2D eigenvalue weighted by Gasteiger charge is -2.07. The van der Waals surface area contributed by atoms with Gasteiger partial charge in [0.05, 0.1) is 11.8 Å². The fourth-order valence-electron chi connectivity index (χ4n) is 0.813. The molecule has 1 atom stereocenters. The molecule has 80 valence electrons. The molecule has 1 aromatic rings. The number of aromatic nitrogens is 2. The molecule has 0 spiro atoms. The maximum Gasteiger partial charge on any atom is 0.234 e. The van der Waals surface area contributed by atoms with E-state index in [0.29, 0.717) is 0 Å². The zero-order chi connectivity index (χ0) is 11.3. The van der Waals surface area contributed by atoms with Crippen LogP contribution in [0.25, 0.3) is 0 Å². The molecule has 0 aromatic carbocycles. The molecule has 0 saturated carbocycles. The molecule has 0 bridgehead atoms. The van der Waals surface area contributed by atoms with E-state index in [2.05, 4.69) is 21.4 Å². The largest absolute Gasteiger partial charge is 0.344 e. The molecular weight excluding hydrogens is 230 g/mol. The van der Waals surface area contributed by atoms with Crippen molar-refractivity contribution >= 4 is 29.0 Å². The SMILES string of the molecule is C#CCNC(=O)C(C)Sc1nnc(C)s1. The van der Waals surface area contributed by atoms with Gasteiger partial charge in [-0.15, -0.1) is 16.6 Å². The topological polar surface area (TPSA) is 54.9 Å². The van der Waals surface area contributed by atoms with Gasteiger partial charge in [0, 0.05) is 0 Å². The number of nitrogens with one attached hydrogen (secondary N) is 1. The molecule has 0 aliphatic heterocycles. The fourth-order valence-corrected chi connectivity index (χ4v) is 2.80. The van der Waals surface area contributed by atoms with E-state index < -0.39 is 0 Å². The molecule has 1 amide bonds. The number of hydrogen-bond acceptors (Lipinski definition) is 5. The predicted molar refractivity (Wildman–Crippen MR) is 61.8 cm³/mol. The van der Waals surface area contributed by atoms with E-state index >= 15 is 0 Å². The Balaban J connectivity index is 2.45. The highest BCUT2D eigenvalue weighted by Gasteiger charge is 2.15. The molecule has 1 heterocycles. The monoisotopic (exact) mass is 241 g/mol. The third-order valence-corrected chi connectivity index (χ3v) is 3.54. The van der Waals surface area contributed by atoms with Gasteiger partial charge in [-0.25, -0.2) is 0 Å². The zero-order valence-electron chi connectivity index (χ0n) is 8.48. The standard InChI is InChI=1S/C9H11N3OS2/c1-4-5-10-8(13)6(2)14-9-12-11-7(3)15-9/h1,6H,5H2,2-3H3,(H,10,13). The van der Waals surface area contributed by atoms with Gasteiger partial charge in [-0.2, -0.15) is 0 Å². The smallest absolute Gasteiger partial charge is 0.234 e. The normalized spacial score (nSPS) is 11.8. The van der Waals surface area contributed by atoms with Crippen LogP contribution in [0.5, 0.6) is 0 Å². The summed E-state index contributed by atoms with van der Waals surface area (Å²) in [5.74, 6) is 2.28. The van der Waals surface area contributed by atoms with Gasteiger partial charge in [0.1, 0.15) is 5.01 Å². The van der Waals surface area contributed by atoms with Crippen molar-refractivity contribution in [2.24, 2.45) is 0 Å². The Labute approximate surface area is 96.9 Å². The summed E-state index contributed by atoms with van der Waals surface area (Å²) in [6.45, 7) is 3.96. The van der Waals surface area contributed by atoms with Crippen LogP contribution >= 0.6 is 23.1 Å². The Morgan fingerprint density at radius 2 is 2.47 bits per heavy atom. The van der Waals surface area contributed by atoms with Gasteiger partial charge in [-0.1, -0.05) is 29.0 Å². The Hall–Kier alpha value is -1.06. The van der Waals surface area contributed by atoms with Crippen LogP contribution in [0.2, 0.25) is 0 Å². The number of hydrogen-bond donors (Lipinski definition) is 1. The van der Waals surface area contributed by atoms with Gasteiger partial charge in [-0.05, 0) is 13.8 Å². The van der Waals surface area contributed by atoms with Crippen LogP contribution in [-0.4, -0.2) is 27.9 Å². The maximum atomic E-state index is 11.4. The van der Waals surface area contributed by atoms with Gasteiger partial charge < -0.3 is 5.32 Å². The molecule has 15 heavy (non-hydrogen) atoms. The number of amides is 1. The molecule has 1 aromatic heterocycles. The van der Waals surface area contributed by atoms with Gasteiger partial charge >= 0.3 is 0 Å². The average Bonchev–Trinajstić information content (AvgIpc) is 2.60. The molecule has 1 rings (SSSR count). The van der Waals surface area contributed by atoms with E-state index in [9.17, 15) is 4.79 Å². The lowest BCUT2D eigenvalue weighted by atomic mass is 10.4. The number of aryl methyl sites for hydroxylation is 1. The van der Waals surface area contributed by atoms with Crippen LogP contribution in [0.15, 0.2) is 4.34 Å². The van der Waals surface area contributed by atoms with Crippen molar-refractivity contribution < 1.29 is 4.79 Å². The first-order valence-corrected chi connectivity index (χ1v) is 6.01. The maximum absolute atomic E-state index is 11.4. The van der Waals surface area contributed by atoms with Gasteiger partial charge in [-0.3, -0.25) is 4.79 Å². The first-order chi connectivity index (χ1) is 7.13. The summed E-state index contributed by atoms with van der Waals surface area (Å²) < 4.78 is 0.802. The third-order valence-electron chi connectivity index (χ3n) is 1.52. The first-order valence-electron chi connectivity index (χ1n) is 4.31. The highest BCUT2D eigenvalue weighted by atomic mass is 32.2. The van der Waals surface area contributed by atoms with Crippen molar-refractivity contribution in [1.29, 1.82) is 0 Å². The van der Waals surface area contributed by atoms with Crippen LogP contribution in [0.1, 0.15) is 11.9 Å².